The monoisotopic (exact) mass is 420 g/mol. The number of aryl methyl sites for hydroxylation is 1. The predicted octanol–water partition coefficient (Wildman–Crippen LogP) is 5.35. The number of nitrogens with zero attached hydrogens (tertiary/aromatic N) is 2. The van der Waals surface area contributed by atoms with E-state index in [1.165, 1.54) is 17.3 Å². The highest BCUT2D eigenvalue weighted by Gasteiger charge is 2.32. The van der Waals surface area contributed by atoms with E-state index in [4.69, 9.17) is 16.6 Å². The molecule has 1 aromatic carbocycles. The molecule has 0 atom stereocenters. The third-order valence-corrected chi connectivity index (χ3v) is 6.12. The lowest BCUT2D eigenvalue weighted by atomic mass is 10.1. The zero-order chi connectivity index (χ0) is 20.2. The van der Waals surface area contributed by atoms with Crippen LogP contribution in [-0.2, 0) is 17.6 Å². The van der Waals surface area contributed by atoms with Crippen LogP contribution in [0.3, 0.4) is 0 Å². The smallest absolute Gasteiger partial charge is 0.266 e. The molecule has 4 rings (SSSR count). The van der Waals surface area contributed by atoms with Gasteiger partial charge in [0.25, 0.3) is 5.91 Å². The van der Waals surface area contributed by atoms with Crippen molar-refractivity contribution in [3.8, 4) is 11.3 Å². The van der Waals surface area contributed by atoms with Crippen LogP contribution in [0.1, 0.15) is 23.9 Å². The second-order valence-electron chi connectivity index (χ2n) is 6.66. The number of hydrogen-bond donors (Lipinski definition) is 0. The van der Waals surface area contributed by atoms with E-state index in [0.29, 0.717) is 28.0 Å². The zero-order valence-corrected chi connectivity index (χ0v) is 17.6. The highest BCUT2D eigenvalue weighted by molar-refractivity contribution is 8.26. The normalized spacial score (nSPS) is 15.5. The molecule has 0 saturated carbocycles. The van der Waals surface area contributed by atoms with E-state index < -0.39 is 0 Å². The van der Waals surface area contributed by atoms with Gasteiger partial charge in [0.05, 0.1) is 4.91 Å². The minimum Gasteiger partial charge on any atom is -0.457 e. The zero-order valence-electron chi connectivity index (χ0n) is 16.0. The predicted molar refractivity (Wildman–Crippen MR) is 121 cm³/mol. The van der Waals surface area contributed by atoms with Crippen LogP contribution in [0.2, 0.25) is 0 Å². The molecule has 0 N–H and O–H groups in total. The summed E-state index contributed by atoms with van der Waals surface area (Å²) < 4.78 is 6.51. The van der Waals surface area contributed by atoms with Gasteiger partial charge < -0.3 is 4.42 Å². The first-order valence-electron chi connectivity index (χ1n) is 9.48. The van der Waals surface area contributed by atoms with Crippen LogP contribution in [0.4, 0.5) is 0 Å². The molecule has 4 nitrogen and oxygen atoms in total. The first kappa shape index (κ1) is 19.6. The summed E-state index contributed by atoms with van der Waals surface area (Å²) in [6.45, 7) is 2.65. The standard InChI is InChI=1S/C23H20N2O2S2/c1-2-16-6-8-17(9-7-16)20-11-10-19(27-20)15-21-22(26)25(23(28)29-21)14-12-18-5-3-4-13-24-18/h3-11,13,15H,2,12,14H2,1H3/b21-15-. The van der Waals surface area contributed by atoms with Gasteiger partial charge in [-0.1, -0.05) is 61.2 Å². The fourth-order valence-electron chi connectivity index (χ4n) is 3.08. The van der Waals surface area contributed by atoms with Crippen LogP contribution in [0.15, 0.2) is 70.1 Å². The molecule has 1 fully saturated rings. The van der Waals surface area contributed by atoms with Crippen LogP contribution in [0.5, 0.6) is 0 Å². The van der Waals surface area contributed by atoms with Gasteiger partial charge >= 0.3 is 0 Å². The molecule has 3 aromatic rings. The average Bonchev–Trinajstić information content (AvgIpc) is 3.32. The Morgan fingerprint density at radius 2 is 1.97 bits per heavy atom. The Labute approximate surface area is 179 Å². The van der Waals surface area contributed by atoms with Crippen LogP contribution >= 0.6 is 24.0 Å². The Morgan fingerprint density at radius 1 is 1.14 bits per heavy atom. The number of aromatic nitrogens is 1. The Kier molecular flexibility index (Phi) is 5.92. The third kappa shape index (κ3) is 4.49. The lowest BCUT2D eigenvalue weighted by Crippen LogP contribution is -2.30. The fraction of sp³-hybridized carbons (Fsp3) is 0.174. The van der Waals surface area contributed by atoms with Gasteiger partial charge in [0, 0.05) is 36.5 Å². The minimum absolute atomic E-state index is 0.0822. The Balaban J connectivity index is 1.46. The van der Waals surface area contributed by atoms with E-state index >= 15 is 0 Å². The molecule has 1 aliphatic heterocycles. The summed E-state index contributed by atoms with van der Waals surface area (Å²) in [5.74, 6) is 1.34. The molecular weight excluding hydrogens is 400 g/mol. The van der Waals surface area contributed by atoms with E-state index in [0.717, 1.165) is 23.4 Å². The van der Waals surface area contributed by atoms with Gasteiger partial charge in [-0.15, -0.1) is 0 Å². The third-order valence-electron chi connectivity index (χ3n) is 4.74. The number of thiocarbonyl (C=S) groups is 1. The lowest BCUT2D eigenvalue weighted by Gasteiger charge is -2.13. The number of hydrogen-bond acceptors (Lipinski definition) is 5. The van der Waals surface area contributed by atoms with E-state index in [-0.39, 0.29) is 5.91 Å². The van der Waals surface area contributed by atoms with Crippen molar-refractivity contribution in [2.45, 2.75) is 19.8 Å². The molecule has 1 saturated heterocycles. The van der Waals surface area contributed by atoms with Crippen molar-refractivity contribution in [1.29, 1.82) is 0 Å². The first-order chi connectivity index (χ1) is 14.1. The second-order valence-corrected chi connectivity index (χ2v) is 8.33. The highest BCUT2D eigenvalue weighted by atomic mass is 32.2. The van der Waals surface area contributed by atoms with Crippen molar-refractivity contribution in [2.75, 3.05) is 6.54 Å². The summed E-state index contributed by atoms with van der Waals surface area (Å²) in [5.41, 5.74) is 3.25. The molecule has 146 valence electrons. The Morgan fingerprint density at radius 3 is 2.69 bits per heavy atom. The molecule has 0 radical (unpaired) electrons. The number of pyridine rings is 1. The van der Waals surface area contributed by atoms with E-state index in [1.54, 1.807) is 17.2 Å². The van der Waals surface area contributed by atoms with Gasteiger partial charge in [0.15, 0.2) is 0 Å². The summed E-state index contributed by atoms with van der Waals surface area (Å²) in [5, 5.41) is 0. The van der Waals surface area contributed by atoms with Gasteiger partial charge in [-0.2, -0.15) is 0 Å². The van der Waals surface area contributed by atoms with Crippen molar-refractivity contribution in [1.82, 2.24) is 9.88 Å². The van der Waals surface area contributed by atoms with Gasteiger partial charge in [-0.25, -0.2) is 0 Å². The summed E-state index contributed by atoms with van der Waals surface area (Å²) in [6, 6.07) is 17.9. The first-order valence-corrected chi connectivity index (χ1v) is 10.7. The number of carbonyl (C=O) groups is 1. The van der Waals surface area contributed by atoms with Gasteiger partial charge in [-0.3, -0.25) is 14.7 Å². The summed E-state index contributed by atoms with van der Waals surface area (Å²) >= 11 is 6.72. The highest BCUT2D eigenvalue weighted by Crippen LogP contribution is 2.33. The lowest BCUT2D eigenvalue weighted by molar-refractivity contribution is -0.122. The van der Waals surface area contributed by atoms with Crippen LogP contribution < -0.4 is 0 Å². The van der Waals surface area contributed by atoms with E-state index in [1.807, 2.05) is 30.3 Å². The molecule has 1 aliphatic rings. The molecule has 3 heterocycles. The van der Waals surface area contributed by atoms with Crippen molar-refractivity contribution in [2.24, 2.45) is 0 Å². The van der Waals surface area contributed by atoms with Crippen molar-refractivity contribution >= 4 is 40.3 Å². The summed E-state index contributed by atoms with van der Waals surface area (Å²) in [7, 11) is 0. The number of rotatable bonds is 6. The number of carbonyl (C=O) groups excluding carboxylic acids is 1. The maximum atomic E-state index is 12.8. The minimum atomic E-state index is -0.0822. The molecular formula is C23H20N2O2S2. The largest absolute Gasteiger partial charge is 0.457 e. The SMILES string of the molecule is CCc1ccc(-c2ccc(/C=C3\SC(=S)N(CCc4ccccn4)C3=O)o2)cc1. The molecule has 1 amide bonds. The van der Waals surface area contributed by atoms with Gasteiger partial charge in [0.1, 0.15) is 15.8 Å². The van der Waals surface area contributed by atoms with Gasteiger partial charge in [-0.05, 0) is 36.2 Å². The molecule has 6 heteroatoms. The topological polar surface area (TPSA) is 46.3 Å². The average molecular weight is 421 g/mol. The van der Waals surface area contributed by atoms with Crippen LogP contribution in [0, 0.1) is 0 Å². The summed E-state index contributed by atoms with van der Waals surface area (Å²) in [6.07, 6.45) is 5.19. The Hall–Kier alpha value is -2.70. The maximum Gasteiger partial charge on any atom is 0.266 e. The number of thioether (sulfide) groups is 1. The number of benzene rings is 1. The number of furan rings is 1. The molecule has 0 bridgehead atoms. The molecule has 0 unspecified atom stereocenters. The molecule has 2 aromatic heterocycles. The second kappa shape index (κ2) is 8.76. The molecule has 0 aliphatic carbocycles. The maximum absolute atomic E-state index is 12.8. The molecule has 0 spiro atoms. The van der Waals surface area contributed by atoms with E-state index in [9.17, 15) is 4.79 Å². The van der Waals surface area contributed by atoms with Crippen molar-refractivity contribution < 1.29 is 9.21 Å². The van der Waals surface area contributed by atoms with Crippen molar-refractivity contribution in [3.63, 3.8) is 0 Å². The quantitative estimate of drug-likeness (QED) is 0.397. The number of amides is 1. The van der Waals surface area contributed by atoms with Crippen molar-refractivity contribution in [3.05, 3.63) is 82.7 Å². The van der Waals surface area contributed by atoms with Crippen LogP contribution in [0.25, 0.3) is 17.4 Å². The Bertz CT molecular complexity index is 1060. The van der Waals surface area contributed by atoms with Crippen LogP contribution in [-0.4, -0.2) is 26.7 Å². The van der Waals surface area contributed by atoms with E-state index in [2.05, 4.69) is 36.2 Å². The summed E-state index contributed by atoms with van der Waals surface area (Å²) in [4.78, 5) is 19.3. The fourth-order valence-corrected chi connectivity index (χ4v) is 4.37. The van der Waals surface area contributed by atoms with Gasteiger partial charge in [0.2, 0.25) is 0 Å². The molecule has 29 heavy (non-hydrogen) atoms.